The van der Waals surface area contributed by atoms with E-state index >= 15 is 0 Å². The third kappa shape index (κ3) is 1.35. The summed E-state index contributed by atoms with van der Waals surface area (Å²) in [5, 5.41) is 1.83. The van der Waals surface area contributed by atoms with Crippen LogP contribution in [0.3, 0.4) is 0 Å². The van der Waals surface area contributed by atoms with Gasteiger partial charge in [-0.25, -0.2) is 4.79 Å². The third-order valence-electron chi connectivity index (χ3n) is 2.31. The van der Waals surface area contributed by atoms with Crippen molar-refractivity contribution in [3.05, 3.63) is 21.9 Å². The molecule has 1 aliphatic heterocycles. The van der Waals surface area contributed by atoms with Crippen molar-refractivity contribution in [3.8, 4) is 0 Å². The van der Waals surface area contributed by atoms with Gasteiger partial charge in [0.25, 0.3) is 0 Å². The standard InChI is InChI=1S/C10H10O3S/c1-2-3-7-6-4-5-14-8(6)10(12)13-9(7)11/h4-5,7H,2-3H2,1H3. The summed E-state index contributed by atoms with van der Waals surface area (Å²) in [6, 6.07) is 1.85. The maximum atomic E-state index is 11.4. The van der Waals surface area contributed by atoms with E-state index in [1.807, 2.05) is 18.4 Å². The Balaban J connectivity index is 2.41. The average molecular weight is 210 g/mol. The van der Waals surface area contributed by atoms with Gasteiger partial charge in [-0.1, -0.05) is 13.3 Å². The molecule has 2 heterocycles. The summed E-state index contributed by atoms with van der Waals surface area (Å²) >= 11 is 1.34. The minimum absolute atomic E-state index is 0.237. The molecule has 0 fully saturated rings. The van der Waals surface area contributed by atoms with Crippen LogP contribution < -0.4 is 0 Å². The first-order valence-electron chi connectivity index (χ1n) is 4.57. The molecule has 0 aromatic carbocycles. The van der Waals surface area contributed by atoms with Gasteiger partial charge in [0.1, 0.15) is 4.88 Å². The second kappa shape index (κ2) is 3.53. The van der Waals surface area contributed by atoms with Gasteiger partial charge in [-0.3, -0.25) is 4.79 Å². The molecule has 74 valence electrons. The highest BCUT2D eigenvalue weighted by Crippen LogP contribution is 2.34. The van der Waals surface area contributed by atoms with Gasteiger partial charge < -0.3 is 4.74 Å². The number of esters is 2. The topological polar surface area (TPSA) is 43.4 Å². The number of thiophene rings is 1. The van der Waals surface area contributed by atoms with E-state index in [9.17, 15) is 9.59 Å². The van der Waals surface area contributed by atoms with Crippen LogP contribution in [-0.4, -0.2) is 11.9 Å². The Labute approximate surface area is 85.7 Å². The minimum atomic E-state index is -0.493. The van der Waals surface area contributed by atoms with E-state index in [-0.39, 0.29) is 5.92 Å². The lowest BCUT2D eigenvalue weighted by Gasteiger charge is -2.19. The predicted molar refractivity (Wildman–Crippen MR) is 52.4 cm³/mol. The second-order valence-corrected chi connectivity index (χ2v) is 4.17. The van der Waals surface area contributed by atoms with E-state index in [1.165, 1.54) is 11.3 Å². The van der Waals surface area contributed by atoms with E-state index in [4.69, 9.17) is 0 Å². The zero-order valence-electron chi connectivity index (χ0n) is 7.78. The smallest absolute Gasteiger partial charge is 0.356 e. The molecular weight excluding hydrogens is 200 g/mol. The Bertz CT molecular complexity index is 380. The summed E-state index contributed by atoms with van der Waals surface area (Å²) in [5.74, 6) is -1.13. The number of rotatable bonds is 2. The van der Waals surface area contributed by atoms with Gasteiger partial charge in [0.05, 0.1) is 5.92 Å². The lowest BCUT2D eigenvalue weighted by atomic mass is 9.93. The molecule has 0 spiro atoms. The first-order valence-corrected chi connectivity index (χ1v) is 5.45. The molecule has 14 heavy (non-hydrogen) atoms. The van der Waals surface area contributed by atoms with E-state index in [0.29, 0.717) is 4.88 Å². The highest BCUT2D eigenvalue weighted by atomic mass is 32.1. The van der Waals surface area contributed by atoms with Crippen LogP contribution in [0.25, 0.3) is 0 Å². The van der Waals surface area contributed by atoms with Gasteiger partial charge in [0.15, 0.2) is 0 Å². The van der Waals surface area contributed by atoms with Gasteiger partial charge in [-0.15, -0.1) is 11.3 Å². The fraction of sp³-hybridized carbons (Fsp3) is 0.400. The van der Waals surface area contributed by atoms with E-state index < -0.39 is 11.9 Å². The van der Waals surface area contributed by atoms with Gasteiger partial charge in [-0.05, 0) is 23.4 Å². The Morgan fingerprint density at radius 1 is 1.50 bits per heavy atom. The van der Waals surface area contributed by atoms with E-state index in [0.717, 1.165) is 18.4 Å². The number of hydrogen-bond acceptors (Lipinski definition) is 4. The third-order valence-corrected chi connectivity index (χ3v) is 3.22. The van der Waals surface area contributed by atoms with Crippen molar-refractivity contribution in [2.24, 2.45) is 0 Å². The number of carbonyl (C=O) groups is 2. The molecule has 0 aliphatic carbocycles. The van der Waals surface area contributed by atoms with E-state index in [1.54, 1.807) is 0 Å². The van der Waals surface area contributed by atoms with Crippen LogP contribution in [0.1, 0.15) is 40.9 Å². The van der Waals surface area contributed by atoms with Crippen LogP contribution >= 0.6 is 11.3 Å². The lowest BCUT2D eigenvalue weighted by molar-refractivity contribution is -0.140. The van der Waals surface area contributed by atoms with E-state index in [2.05, 4.69) is 4.74 Å². The summed E-state index contributed by atoms with van der Waals surface area (Å²) in [6.45, 7) is 2.01. The van der Waals surface area contributed by atoms with Crippen LogP contribution in [0, 0.1) is 0 Å². The molecule has 2 rings (SSSR count). The van der Waals surface area contributed by atoms with Gasteiger partial charge >= 0.3 is 11.9 Å². The Kier molecular flexibility index (Phi) is 2.37. The van der Waals surface area contributed by atoms with Crippen molar-refractivity contribution in [1.29, 1.82) is 0 Å². The monoisotopic (exact) mass is 210 g/mol. The average Bonchev–Trinajstić information content (AvgIpc) is 2.60. The van der Waals surface area contributed by atoms with Crippen LogP contribution in [0.2, 0.25) is 0 Å². The maximum absolute atomic E-state index is 11.4. The van der Waals surface area contributed by atoms with Crippen LogP contribution in [0.4, 0.5) is 0 Å². The summed E-state index contributed by atoms with van der Waals surface area (Å²) < 4.78 is 4.67. The molecule has 0 saturated heterocycles. The number of fused-ring (bicyclic) bond motifs is 1. The molecular formula is C10H10O3S. The molecule has 4 heteroatoms. The number of carbonyl (C=O) groups excluding carboxylic acids is 2. The molecule has 1 aromatic heterocycles. The zero-order valence-corrected chi connectivity index (χ0v) is 8.60. The fourth-order valence-corrected chi connectivity index (χ4v) is 2.49. The van der Waals surface area contributed by atoms with Crippen LogP contribution in [0.15, 0.2) is 11.4 Å². The molecule has 1 aliphatic rings. The fourth-order valence-electron chi connectivity index (χ4n) is 1.66. The molecule has 0 saturated carbocycles. The second-order valence-electron chi connectivity index (χ2n) is 3.25. The normalized spacial score (nSPS) is 20.5. The molecule has 1 unspecified atom stereocenters. The lowest BCUT2D eigenvalue weighted by Crippen LogP contribution is -2.26. The Hall–Kier alpha value is -1.16. The van der Waals surface area contributed by atoms with Gasteiger partial charge in [0.2, 0.25) is 0 Å². The summed E-state index contributed by atoms with van der Waals surface area (Å²) in [6.07, 6.45) is 1.65. The minimum Gasteiger partial charge on any atom is -0.388 e. The first kappa shape index (κ1) is 9.40. The van der Waals surface area contributed by atoms with Crippen LogP contribution in [0.5, 0.6) is 0 Å². The molecule has 0 amide bonds. The van der Waals surface area contributed by atoms with Crippen molar-refractivity contribution < 1.29 is 14.3 Å². The number of ether oxygens (including phenoxy) is 1. The zero-order chi connectivity index (χ0) is 10.1. The first-order chi connectivity index (χ1) is 6.74. The van der Waals surface area contributed by atoms with Crippen molar-refractivity contribution in [3.63, 3.8) is 0 Å². The van der Waals surface area contributed by atoms with Gasteiger partial charge in [0, 0.05) is 0 Å². The summed E-state index contributed by atoms with van der Waals surface area (Å²) in [7, 11) is 0. The van der Waals surface area contributed by atoms with Crippen molar-refractivity contribution in [1.82, 2.24) is 0 Å². The molecule has 0 bridgehead atoms. The quantitative estimate of drug-likeness (QED) is 0.555. The van der Waals surface area contributed by atoms with Gasteiger partial charge in [-0.2, -0.15) is 0 Å². The highest BCUT2D eigenvalue weighted by Gasteiger charge is 2.34. The maximum Gasteiger partial charge on any atom is 0.356 e. The molecule has 0 radical (unpaired) electrons. The predicted octanol–water partition coefficient (Wildman–Crippen LogP) is 2.33. The summed E-state index contributed by atoms with van der Waals surface area (Å²) in [5.41, 5.74) is 0.845. The largest absolute Gasteiger partial charge is 0.388 e. The molecule has 3 nitrogen and oxygen atoms in total. The SMILES string of the molecule is CCCC1C(=O)OC(=O)c2sccc21. The highest BCUT2D eigenvalue weighted by molar-refractivity contribution is 7.12. The van der Waals surface area contributed by atoms with Crippen molar-refractivity contribution in [2.75, 3.05) is 0 Å². The Morgan fingerprint density at radius 3 is 3.00 bits per heavy atom. The molecule has 1 aromatic rings. The Morgan fingerprint density at radius 2 is 2.29 bits per heavy atom. The van der Waals surface area contributed by atoms with Crippen molar-refractivity contribution >= 4 is 23.3 Å². The summed E-state index contributed by atoms with van der Waals surface area (Å²) in [4.78, 5) is 23.3. The molecule has 0 N–H and O–H groups in total. The van der Waals surface area contributed by atoms with Crippen LogP contribution in [-0.2, 0) is 9.53 Å². The van der Waals surface area contributed by atoms with Crippen molar-refractivity contribution in [2.45, 2.75) is 25.7 Å². The molecule has 1 atom stereocenters. The number of cyclic esters (lactones) is 2. The number of hydrogen-bond donors (Lipinski definition) is 0.